The van der Waals surface area contributed by atoms with E-state index in [1.54, 1.807) is 36.4 Å². The Hall–Kier alpha value is -3.37. The molecule has 0 saturated carbocycles. The predicted octanol–water partition coefficient (Wildman–Crippen LogP) is 5.78. The van der Waals surface area contributed by atoms with Crippen LogP contribution < -0.4 is 10.1 Å². The number of carbonyl (C=O) groups excluding carboxylic acids is 1. The summed E-state index contributed by atoms with van der Waals surface area (Å²) in [4.78, 5) is 16.5. The highest BCUT2D eigenvalue weighted by Gasteiger charge is 2.18. The molecule has 0 unspecified atom stereocenters. The summed E-state index contributed by atoms with van der Waals surface area (Å²) in [5.74, 6) is -1.35. The number of ether oxygens (including phenoxy) is 1. The Morgan fingerprint density at radius 3 is 2.43 bits per heavy atom. The van der Waals surface area contributed by atoms with Crippen LogP contribution in [0.25, 0.3) is 11.1 Å². The molecule has 2 atom stereocenters. The van der Waals surface area contributed by atoms with Crippen molar-refractivity contribution in [3.8, 4) is 17.0 Å². The van der Waals surface area contributed by atoms with Crippen molar-refractivity contribution in [1.29, 1.82) is 0 Å². The predicted molar refractivity (Wildman–Crippen MR) is 138 cm³/mol. The third kappa shape index (κ3) is 8.61. The molecule has 0 radical (unpaired) electrons. The maximum absolute atomic E-state index is 14.0. The largest absolute Gasteiger partial charge is 0.475 e. The number of nitrogens with one attached hydrogen (secondary N) is 1. The van der Waals surface area contributed by atoms with E-state index in [0.29, 0.717) is 23.6 Å². The molecule has 198 valence electrons. The highest BCUT2D eigenvalue weighted by Crippen LogP contribution is 2.24. The smallest absolute Gasteiger partial charge is 0.264 e. The molecular formula is C27H30F2N2O5S. The second-order valence-corrected chi connectivity index (χ2v) is 10.4. The normalized spacial score (nSPS) is 13.1. The van der Waals surface area contributed by atoms with Gasteiger partial charge in [-0.15, -0.1) is 0 Å². The van der Waals surface area contributed by atoms with Crippen molar-refractivity contribution < 1.29 is 31.3 Å². The molecule has 0 saturated heterocycles. The van der Waals surface area contributed by atoms with Gasteiger partial charge in [0.05, 0.1) is 11.8 Å². The van der Waals surface area contributed by atoms with Gasteiger partial charge < -0.3 is 10.1 Å². The molecule has 0 fully saturated rings. The minimum absolute atomic E-state index is 0.0233. The first-order valence-electron chi connectivity index (χ1n) is 11.9. The highest BCUT2D eigenvalue weighted by molar-refractivity contribution is 7.85. The second kappa shape index (κ2) is 12.7. The molecule has 10 heteroatoms. The molecule has 2 N–H and O–H groups in total. The van der Waals surface area contributed by atoms with Crippen molar-refractivity contribution in [3.05, 3.63) is 78.0 Å². The SMILES string of the molecule is CC[C@H](C)[C@@H](COc1ccc(-c2ccc(F)cc2F)cn1)Nc1ccc(C(=O)CCCS(=O)(=O)O)cc1. The third-order valence-corrected chi connectivity index (χ3v) is 6.89. The van der Waals surface area contributed by atoms with Gasteiger partial charge in [-0.3, -0.25) is 9.35 Å². The van der Waals surface area contributed by atoms with E-state index in [0.717, 1.165) is 18.2 Å². The fraction of sp³-hybridized carbons (Fsp3) is 0.333. The summed E-state index contributed by atoms with van der Waals surface area (Å²) in [6.45, 7) is 4.46. The van der Waals surface area contributed by atoms with Crippen LogP contribution in [-0.4, -0.2) is 42.1 Å². The molecule has 0 aliphatic heterocycles. The second-order valence-electron chi connectivity index (χ2n) is 8.85. The van der Waals surface area contributed by atoms with E-state index in [4.69, 9.17) is 9.29 Å². The summed E-state index contributed by atoms with van der Waals surface area (Å²) in [6, 6.07) is 13.5. The monoisotopic (exact) mass is 532 g/mol. The number of pyridine rings is 1. The summed E-state index contributed by atoms with van der Waals surface area (Å²) in [7, 11) is -4.08. The van der Waals surface area contributed by atoms with E-state index in [9.17, 15) is 22.0 Å². The first kappa shape index (κ1) is 28.2. The number of halogens is 2. The number of ketones is 1. The molecule has 3 rings (SSSR count). The van der Waals surface area contributed by atoms with Crippen molar-refractivity contribution in [2.24, 2.45) is 5.92 Å². The molecule has 2 aromatic carbocycles. The van der Waals surface area contributed by atoms with E-state index in [2.05, 4.69) is 24.1 Å². The van der Waals surface area contributed by atoms with Crippen LogP contribution in [0.4, 0.5) is 14.5 Å². The van der Waals surface area contributed by atoms with Crippen LogP contribution in [-0.2, 0) is 10.1 Å². The van der Waals surface area contributed by atoms with E-state index >= 15 is 0 Å². The van der Waals surface area contributed by atoms with Crippen LogP contribution >= 0.6 is 0 Å². The van der Waals surface area contributed by atoms with Gasteiger partial charge in [0.25, 0.3) is 10.1 Å². The van der Waals surface area contributed by atoms with Crippen LogP contribution in [0, 0.1) is 17.6 Å². The summed E-state index contributed by atoms with van der Waals surface area (Å²) in [5, 5.41) is 3.42. The fourth-order valence-electron chi connectivity index (χ4n) is 3.68. The lowest BCUT2D eigenvalue weighted by Crippen LogP contribution is -2.33. The molecule has 0 bridgehead atoms. The van der Waals surface area contributed by atoms with E-state index < -0.39 is 27.5 Å². The number of hydrogen-bond donors (Lipinski definition) is 2. The Labute approximate surface area is 215 Å². The number of benzene rings is 2. The van der Waals surface area contributed by atoms with E-state index in [1.807, 2.05) is 0 Å². The lowest BCUT2D eigenvalue weighted by Gasteiger charge is -2.25. The molecule has 1 aromatic heterocycles. The molecule has 1 heterocycles. The van der Waals surface area contributed by atoms with Gasteiger partial charge in [0.1, 0.15) is 18.2 Å². The minimum atomic E-state index is -4.08. The van der Waals surface area contributed by atoms with Gasteiger partial charge in [-0.25, -0.2) is 13.8 Å². The van der Waals surface area contributed by atoms with Crippen molar-refractivity contribution in [2.75, 3.05) is 17.7 Å². The first-order valence-corrected chi connectivity index (χ1v) is 13.6. The summed E-state index contributed by atoms with van der Waals surface area (Å²) in [5.41, 5.74) is 2.01. The maximum Gasteiger partial charge on any atom is 0.264 e. The molecule has 7 nitrogen and oxygen atoms in total. The van der Waals surface area contributed by atoms with Crippen molar-refractivity contribution in [1.82, 2.24) is 4.98 Å². The van der Waals surface area contributed by atoms with Crippen molar-refractivity contribution in [3.63, 3.8) is 0 Å². The van der Waals surface area contributed by atoms with Crippen LogP contribution in [0.15, 0.2) is 60.8 Å². The Morgan fingerprint density at radius 1 is 1.11 bits per heavy atom. The van der Waals surface area contributed by atoms with Gasteiger partial charge in [-0.2, -0.15) is 8.42 Å². The minimum Gasteiger partial charge on any atom is -0.475 e. The molecular weight excluding hydrogens is 502 g/mol. The van der Waals surface area contributed by atoms with Gasteiger partial charge in [0, 0.05) is 47.1 Å². The number of carbonyl (C=O) groups is 1. The van der Waals surface area contributed by atoms with Gasteiger partial charge in [0.2, 0.25) is 5.88 Å². The number of anilines is 1. The number of aromatic nitrogens is 1. The van der Waals surface area contributed by atoms with Gasteiger partial charge in [-0.1, -0.05) is 20.3 Å². The zero-order valence-corrected chi connectivity index (χ0v) is 21.5. The Balaban J connectivity index is 1.59. The zero-order chi connectivity index (χ0) is 27.0. The lowest BCUT2D eigenvalue weighted by atomic mass is 9.99. The average molecular weight is 533 g/mol. The number of Topliss-reactive ketones (excluding diaryl/α,β-unsaturated/α-hetero) is 1. The lowest BCUT2D eigenvalue weighted by molar-refractivity contribution is 0.0982. The number of hydrogen-bond acceptors (Lipinski definition) is 6. The van der Waals surface area contributed by atoms with Crippen molar-refractivity contribution in [2.45, 2.75) is 39.2 Å². The average Bonchev–Trinajstić information content (AvgIpc) is 2.86. The Bertz CT molecular complexity index is 1300. The standard InChI is InChI=1S/C27H30F2N2O5S/c1-3-18(2)25(31-22-10-6-19(7-11-22)26(32)5-4-14-37(33,34)35)17-36-27-13-8-20(16-30-27)23-12-9-21(28)15-24(23)29/h6-13,15-16,18,25,31H,3-5,14,17H2,1-2H3,(H,33,34,35)/t18-,25+/m0/s1. The van der Waals surface area contributed by atoms with Crippen molar-refractivity contribution >= 4 is 21.6 Å². The summed E-state index contributed by atoms with van der Waals surface area (Å²) < 4.78 is 63.5. The molecule has 0 amide bonds. The van der Waals surface area contributed by atoms with Crippen LogP contribution in [0.5, 0.6) is 5.88 Å². The Kier molecular flexibility index (Phi) is 9.71. The molecule has 0 aliphatic carbocycles. The first-order chi connectivity index (χ1) is 17.6. The topological polar surface area (TPSA) is 106 Å². The quantitative estimate of drug-likeness (QED) is 0.212. The van der Waals surface area contributed by atoms with Gasteiger partial charge in [-0.05, 0) is 54.8 Å². The van der Waals surface area contributed by atoms with Gasteiger partial charge >= 0.3 is 0 Å². The van der Waals surface area contributed by atoms with E-state index in [1.165, 1.54) is 18.3 Å². The van der Waals surface area contributed by atoms with Crippen LogP contribution in [0.3, 0.4) is 0 Å². The van der Waals surface area contributed by atoms with Crippen LogP contribution in [0.2, 0.25) is 0 Å². The maximum atomic E-state index is 14.0. The third-order valence-electron chi connectivity index (χ3n) is 6.09. The summed E-state index contributed by atoms with van der Waals surface area (Å²) in [6.07, 6.45) is 2.44. The van der Waals surface area contributed by atoms with Gasteiger partial charge in [0.15, 0.2) is 5.78 Å². The van der Waals surface area contributed by atoms with Crippen LogP contribution in [0.1, 0.15) is 43.5 Å². The molecule has 37 heavy (non-hydrogen) atoms. The highest BCUT2D eigenvalue weighted by atomic mass is 32.2. The Morgan fingerprint density at radius 2 is 1.84 bits per heavy atom. The number of rotatable bonds is 13. The molecule has 0 spiro atoms. The molecule has 3 aromatic rings. The fourth-order valence-corrected chi connectivity index (χ4v) is 4.19. The molecule has 0 aliphatic rings. The number of nitrogens with zero attached hydrogens (tertiary/aromatic N) is 1. The van der Waals surface area contributed by atoms with E-state index in [-0.39, 0.29) is 36.1 Å². The summed E-state index contributed by atoms with van der Waals surface area (Å²) >= 11 is 0. The zero-order valence-electron chi connectivity index (χ0n) is 20.7.